The molecule has 112 valence electrons. The van der Waals surface area contributed by atoms with Crippen LogP contribution in [0.3, 0.4) is 0 Å². The summed E-state index contributed by atoms with van der Waals surface area (Å²) in [5.74, 6) is 0.0861. The fourth-order valence-corrected chi connectivity index (χ4v) is 1.59. The summed E-state index contributed by atoms with van der Waals surface area (Å²) in [6.45, 7) is 0. The Morgan fingerprint density at radius 3 is 2.24 bits per heavy atom. The van der Waals surface area contributed by atoms with Crippen LogP contribution in [0.15, 0.2) is 42.5 Å². The lowest BCUT2D eigenvalue weighted by Gasteiger charge is -2.15. The second-order valence-electron chi connectivity index (χ2n) is 4.00. The molecule has 0 saturated carbocycles. The van der Waals surface area contributed by atoms with Crippen LogP contribution in [-0.4, -0.2) is 13.5 Å². The Kier molecular flexibility index (Phi) is 4.11. The first-order valence-corrected chi connectivity index (χ1v) is 5.85. The third kappa shape index (κ3) is 3.95. The standard InChI is InChI=1S/C14H12F3NO3/c1-19-9-6-7-10(18)13(8-9)20-11-4-2-3-5-12(11)21-14(15,16)17/h2-8H,18H2,1H3. The Morgan fingerprint density at radius 2 is 1.62 bits per heavy atom. The van der Waals surface area contributed by atoms with E-state index in [4.69, 9.17) is 15.2 Å². The van der Waals surface area contributed by atoms with Crippen LogP contribution in [0.4, 0.5) is 18.9 Å². The van der Waals surface area contributed by atoms with Gasteiger partial charge in [0, 0.05) is 6.07 Å². The van der Waals surface area contributed by atoms with Gasteiger partial charge in [-0.3, -0.25) is 0 Å². The molecule has 0 aliphatic heterocycles. The van der Waals surface area contributed by atoms with Crippen molar-refractivity contribution in [3.8, 4) is 23.0 Å². The van der Waals surface area contributed by atoms with Gasteiger partial charge in [-0.1, -0.05) is 12.1 Å². The second kappa shape index (κ2) is 5.82. The van der Waals surface area contributed by atoms with Crippen molar-refractivity contribution in [1.29, 1.82) is 0 Å². The molecule has 0 bridgehead atoms. The number of alkyl halides is 3. The van der Waals surface area contributed by atoms with Crippen LogP contribution in [-0.2, 0) is 0 Å². The fraction of sp³-hybridized carbons (Fsp3) is 0.143. The third-order valence-corrected chi connectivity index (χ3v) is 2.52. The van der Waals surface area contributed by atoms with Crippen molar-refractivity contribution in [1.82, 2.24) is 0 Å². The summed E-state index contributed by atoms with van der Waals surface area (Å²) in [5.41, 5.74) is 5.99. The van der Waals surface area contributed by atoms with E-state index in [1.165, 1.54) is 37.4 Å². The number of benzene rings is 2. The lowest BCUT2D eigenvalue weighted by atomic mass is 10.2. The molecule has 0 amide bonds. The summed E-state index contributed by atoms with van der Waals surface area (Å²) in [4.78, 5) is 0. The number of nitrogens with two attached hydrogens (primary N) is 1. The molecular weight excluding hydrogens is 287 g/mol. The van der Waals surface area contributed by atoms with Crippen LogP contribution >= 0.6 is 0 Å². The summed E-state index contributed by atoms with van der Waals surface area (Å²) >= 11 is 0. The number of methoxy groups -OCH3 is 1. The first kappa shape index (κ1) is 14.8. The largest absolute Gasteiger partial charge is 0.573 e. The number of nitrogen functional groups attached to an aromatic ring is 1. The van der Waals surface area contributed by atoms with Crippen molar-refractivity contribution < 1.29 is 27.4 Å². The van der Waals surface area contributed by atoms with Crippen LogP contribution in [0.1, 0.15) is 0 Å². The number of hydrogen-bond donors (Lipinski definition) is 1. The smallest absolute Gasteiger partial charge is 0.497 e. The van der Waals surface area contributed by atoms with Crippen molar-refractivity contribution in [2.75, 3.05) is 12.8 Å². The Labute approximate surface area is 118 Å². The molecule has 0 heterocycles. The first-order chi connectivity index (χ1) is 9.89. The predicted octanol–water partition coefficient (Wildman–Crippen LogP) is 3.97. The number of rotatable bonds is 4. The molecule has 0 aromatic heterocycles. The highest BCUT2D eigenvalue weighted by Gasteiger charge is 2.32. The van der Waals surface area contributed by atoms with Crippen LogP contribution in [0.25, 0.3) is 0 Å². The molecule has 0 fully saturated rings. The minimum Gasteiger partial charge on any atom is -0.497 e. The molecule has 0 unspecified atom stereocenters. The third-order valence-electron chi connectivity index (χ3n) is 2.52. The average molecular weight is 299 g/mol. The summed E-state index contributed by atoms with van der Waals surface area (Å²) < 4.78 is 51.3. The maximum absolute atomic E-state index is 12.3. The van der Waals surface area contributed by atoms with E-state index in [0.717, 1.165) is 6.07 Å². The molecule has 7 heteroatoms. The van der Waals surface area contributed by atoms with Gasteiger partial charge in [-0.2, -0.15) is 0 Å². The van der Waals surface area contributed by atoms with E-state index < -0.39 is 12.1 Å². The van der Waals surface area contributed by atoms with Gasteiger partial charge in [0.05, 0.1) is 12.8 Å². The molecule has 21 heavy (non-hydrogen) atoms. The maximum Gasteiger partial charge on any atom is 0.573 e. The Morgan fingerprint density at radius 1 is 0.952 bits per heavy atom. The SMILES string of the molecule is COc1ccc(N)c(Oc2ccccc2OC(F)(F)F)c1. The van der Waals surface area contributed by atoms with Gasteiger partial charge in [-0.05, 0) is 24.3 Å². The molecule has 2 aromatic carbocycles. The van der Waals surface area contributed by atoms with E-state index in [2.05, 4.69) is 4.74 Å². The van der Waals surface area contributed by atoms with Gasteiger partial charge < -0.3 is 19.9 Å². The van der Waals surface area contributed by atoms with Gasteiger partial charge in [-0.25, -0.2) is 0 Å². The molecule has 0 atom stereocenters. The van der Waals surface area contributed by atoms with Gasteiger partial charge in [0.15, 0.2) is 17.2 Å². The number of ether oxygens (including phenoxy) is 3. The zero-order valence-corrected chi connectivity index (χ0v) is 11.0. The average Bonchev–Trinajstić information content (AvgIpc) is 2.42. The van der Waals surface area contributed by atoms with Crippen molar-refractivity contribution in [3.05, 3.63) is 42.5 Å². The van der Waals surface area contributed by atoms with E-state index in [9.17, 15) is 13.2 Å². The molecule has 4 nitrogen and oxygen atoms in total. The van der Waals surface area contributed by atoms with E-state index in [1.807, 2.05) is 0 Å². The monoisotopic (exact) mass is 299 g/mol. The topological polar surface area (TPSA) is 53.7 Å². The normalized spacial score (nSPS) is 11.0. The summed E-state index contributed by atoms with van der Waals surface area (Å²) in [5, 5.41) is 0. The van der Waals surface area contributed by atoms with E-state index in [-0.39, 0.29) is 17.2 Å². The molecule has 0 aliphatic rings. The molecule has 0 spiro atoms. The maximum atomic E-state index is 12.3. The highest BCUT2D eigenvalue weighted by atomic mass is 19.4. The highest BCUT2D eigenvalue weighted by Crippen LogP contribution is 2.37. The van der Waals surface area contributed by atoms with E-state index in [1.54, 1.807) is 6.07 Å². The summed E-state index contributed by atoms with van der Waals surface area (Å²) in [7, 11) is 1.45. The lowest BCUT2D eigenvalue weighted by molar-refractivity contribution is -0.275. The van der Waals surface area contributed by atoms with E-state index in [0.29, 0.717) is 5.75 Å². The summed E-state index contributed by atoms with van der Waals surface area (Å²) in [6.07, 6.45) is -4.81. The second-order valence-corrected chi connectivity index (χ2v) is 4.00. The molecule has 0 radical (unpaired) electrons. The zero-order valence-electron chi connectivity index (χ0n) is 11.0. The van der Waals surface area contributed by atoms with Crippen LogP contribution in [0.5, 0.6) is 23.0 Å². The lowest BCUT2D eigenvalue weighted by Crippen LogP contribution is -2.17. The number of anilines is 1. The molecule has 2 N–H and O–H groups in total. The van der Waals surface area contributed by atoms with Crippen molar-refractivity contribution in [2.45, 2.75) is 6.36 Å². The van der Waals surface area contributed by atoms with Crippen LogP contribution in [0, 0.1) is 0 Å². The van der Waals surface area contributed by atoms with Gasteiger partial charge in [0.1, 0.15) is 5.75 Å². The number of halogens is 3. The van der Waals surface area contributed by atoms with Crippen molar-refractivity contribution >= 4 is 5.69 Å². The van der Waals surface area contributed by atoms with Crippen LogP contribution in [0.2, 0.25) is 0 Å². The Hall–Kier alpha value is -2.57. The highest BCUT2D eigenvalue weighted by molar-refractivity contribution is 5.58. The predicted molar refractivity (Wildman–Crippen MR) is 70.6 cm³/mol. The van der Waals surface area contributed by atoms with Crippen molar-refractivity contribution in [2.24, 2.45) is 0 Å². The van der Waals surface area contributed by atoms with Gasteiger partial charge in [0.25, 0.3) is 0 Å². The molecular formula is C14H12F3NO3. The fourth-order valence-electron chi connectivity index (χ4n) is 1.59. The molecule has 2 aromatic rings. The Bertz CT molecular complexity index is 629. The van der Waals surface area contributed by atoms with Crippen LogP contribution < -0.4 is 19.9 Å². The van der Waals surface area contributed by atoms with Crippen molar-refractivity contribution in [3.63, 3.8) is 0 Å². The van der Waals surface area contributed by atoms with Gasteiger partial charge in [-0.15, -0.1) is 13.2 Å². The summed E-state index contributed by atoms with van der Waals surface area (Å²) in [6, 6.07) is 10.0. The minimum atomic E-state index is -4.81. The molecule has 0 aliphatic carbocycles. The zero-order chi connectivity index (χ0) is 15.5. The van der Waals surface area contributed by atoms with Gasteiger partial charge >= 0.3 is 6.36 Å². The Balaban J connectivity index is 2.31. The van der Waals surface area contributed by atoms with E-state index >= 15 is 0 Å². The minimum absolute atomic E-state index is 0.102. The molecule has 0 saturated heterocycles. The first-order valence-electron chi connectivity index (χ1n) is 5.85. The quantitative estimate of drug-likeness (QED) is 0.868. The number of para-hydroxylation sites is 2. The molecule has 2 rings (SSSR count). The van der Waals surface area contributed by atoms with Gasteiger partial charge in [0.2, 0.25) is 0 Å². The number of hydrogen-bond acceptors (Lipinski definition) is 4.